The second-order valence-electron chi connectivity index (χ2n) is 9.37. The number of carboxylic acids is 1. The Kier molecular flexibility index (Phi) is 5.05. The van der Waals surface area contributed by atoms with Gasteiger partial charge in [0.1, 0.15) is 13.2 Å². The van der Waals surface area contributed by atoms with Crippen molar-refractivity contribution in [3.63, 3.8) is 0 Å². The Labute approximate surface area is 201 Å². The Morgan fingerprint density at radius 2 is 1.63 bits per heavy atom. The lowest BCUT2D eigenvalue weighted by molar-refractivity contribution is -0.141. The van der Waals surface area contributed by atoms with Gasteiger partial charge >= 0.3 is 12.1 Å². The fourth-order valence-electron chi connectivity index (χ4n) is 5.60. The number of rotatable bonds is 6. The molecule has 0 bridgehead atoms. The molecular formula is C26H24N4O5. The molecule has 2 heterocycles. The number of carbonyl (C=O) groups excluding carboxylic acids is 2. The van der Waals surface area contributed by atoms with E-state index in [1.54, 1.807) is 11.1 Å². The van der Waals surface area contributed by atoms with E-state index in [2.05, 4.69) is 34.7 Å². The number of piperidine rings is 1. The summed E-state index contributed by atoms with van der Waals surface area (Å²) >= 11 is 0. The lowest BCUT2D eigenvalue weighted by atomic mass is 9.98. The zero-order valence-electron chi connectivity index (χ0n) is 18.8. The van der Waals surface area contributed by atoms with Crippen molar-refractivity contribution in [2.24, 2.45) is 17.8 Å². The van der Waals surface area contributed by atoms with Crippen LogP contribution < -0.4 is 5.32 Å². The van der Waals surface area contributed by atoms with Crippen molar-refractivity contribution < 1.29 is 24.2 Å². The molecule has 2 amide bonds. The summed E-state index contributed by atoms with van der Waals surface area (Å²) < 4.78 is 7.01. The molecule has 1 saturated carbocycles. The van der Waals surface area contributed by atoms with Crippen molar-refractivity contribution in [1.82, 2.24) is 14.7 Å². The minimum absolute atomic E-state index is 0.0270. The molecule has 3 aliphatic rings. The number of carboxylic acid groups (broad SMARTS) is 1. The van der Waals surface area contributed by atoms with Crippen molar-refractivity contribution >= 4 is 23.7 Å². The van der Waals surface area contributed by atoms with E-state index in [0.29, 0.717) is 18.8 Å². The topological polar surface area (TPSA) is 114 Å². The van der Waals surface area contributed by atoms with Crippen molar-refractivity contribution in [1.29, 1.82) is 0 Å². The van der Waals surface area contributed by atoms with Crippen LogP contribution in [0.5, 0.6) is 0 Å². The lowest BCUT2D eigenvalue weighted by Crippen LogP contribution is -2.35. The number of nitrogens with zero attached hydrogens (tertiary/aromatic N) is 3. The Bertz CT molecular complexity index is 1280. The summed E-state index contributed by atoms with van der Waals surface area (Å²) in [4.78, 5) is 37.8. The first-order valence-corrected chi connectivity index (χ1v) is 11.6. The van der Waals surface area contributed by atoms with Crippen LogP contribution in [0.15, 0.2) is 60.9 Å². The normalized spacial score (nSPS) is 21.7. The first-order valence-electron chi connectivity index (χ1n) is 11.6. The van der Waals surface area contributed by atoms with Crippen LogP contribution in [0.1, 0.15) is 17.0 Å². The van der Waals surface area contributed by atoms with Crippen LogP contribution in [-0.2, 0) is 20.9 Å². The number of hydrogen-bond acceptors (Lipinski definition) is 5. The van der Waals surface area contributed by atoms with Gasteiger partial charge in [-0.05, 0) is 34.1 Å². The quantitative estimate of drug-likeness (QED) is 0.570. The van der Waals surface area contributed by atoms with Gasteiger partial charge in [-0.2, -0.15) is 5.10 Å². The molecule has 9 nitrogen and oxygen atoms in total. The Morgan fingerprint density at radius 1 is 1.00 bits per heavy atom. The van der Waals surface area contributed by atoms with Gasteiger partial charge in [0.25, 0.3) is 0 Å². The Balaban J connectivity index is 1.02. The predicted octanol–water partition coefficient (Wildman–Crippen LogP) is 3.03. The maximum Gasteiger partial charge on any atom is 0.411 e. The van der Waals surface area contributed by atoms with Crippen LogP contribution in [0.2, 0.25) is 0 Å². The molecule has 3 aromatic rings. The maximum absolute atomic E-state index is 12.5. The zero-order chi connectivity index (χ0) is 24.1. The maximum atomic E-state index is 12.5. The number of aromatic nitrogens is 2. The Hall–Kier alpha value is -4.14. The number of benzene rings is 2. The highest BCUT2D eigenvalue weighted by atomic mass is 16.5. The van der Waals surface area contributed by atoms with Crippen LogP contribution in [-0.4, -0.2) is 57.5 Å². The molecule has 2 fully saturated rings. The summed E-state index contributed by atoms with van der Waals surface area (Å²) in [6.07, 6.45) is 2.46. The molecule has 2 N–H and O–H groups in total. The summed E-state index contributed by atoms with van der Waals surface area (Å²) in [5, 5.41) is 15.9. The molecule has 178 valence electrons. The van der Waals surface area contributed by atoms with E-state index in [-0.39, 0.29) is 42.7 Å². The summed E-state index contributed by atoms with van der Waals surface area (Å²) in [6, 6.07) is 16.3. The predicted molar refractivity (Wildman–Crippen MR) is 126 cm³/mol. The number of fused-ring (bicyclic) bond motifs is 4. The van der Waals surface area contributed by atoms with E-state index in [9.17, 15) is 14.4 Å². The van der Waals surface area contributed by atoms with Crippen molar-refractivity contribution in [3.8, 4) is 11.1 Å². The number of hydrogen-bond donors (Lipinski definition) is 2. The average molecular weight is 473 g/mol. The number of anilines is 1. The van der Waals surface area contributed by atoms with Crippen molar-refractivity contribution in [2.75, 3.05) is 25.0 Å². The zero-order valence-corrected chi connectivity index (χ0v) is 18.8. The second-order valence-corrected chi connectivity index (χ2v) is 9.37. The SMILES string of the molecule is O=C(Nc1cnn(CC(=O)N2CC3C(C2)C3C(=O)O)c1)OCC1c2ccccc2-c2ccccc21. The standard InChI is InChI=1S/C26H24N4O5/c31-23(29-11-20-21(12-29)24(20)25(32)33)13-30-10-15(9-27-30)28-26(34)35-14-22-18-7-3-1-5-16(18)17-6-2-4-8-19(17)22/h1-10,20-22,24H,11-14H2,(H,28,34)(H,32,33). The molecule has 1 aliphatic heterocycles. The number of ether oxygens (including phenoxy) is 1. The molecule has 6 rings (SSSR count). The van der Waals surface area contributed by atoms with E-state index in [4.69, 9.17) is 9.84 Å². The Morgan fingerprint density at radius 3 is 2.26 bits per heavy atom. The van der Waals surface area contributed by atoms with Crippen LogP contribution in [0.25, 0.3) is 11.1 Å². The smallest absolute Gasteiger partial charge is 0.411 e. The number of aliphatic carboxylic acids is 1. The van der Waals surface area contributed by atoms with Gasteiger partial charge in [0.2, 0.25) is 5.91 Å². The molecule has 2 aromatic carbocycles. The highest BCUT2D eigenvalue weighted by Gasteiger charge is 2.60. The minimum atomic E-state index is -0.775. The number of amides is 2. The first kappa shape index (κ1) is 21.4. The molecule has 9 heteroatoms. The lowest BCUT2D eigenvalue weighted by Gasteiger charge is -2.19. The molecular weight excluding hydrogens is 448 g/mol. The van der Waals surface area contributed by atoms with Gasteiger partial charge in [-0.3, -0.25) is 19.6 Å². The van der Waals surface area contributed by atoms with Gasteiger partial charge in [0, 0.05) is 25.2 Å². The largest absolute Gasteiger partial charge is 0.481 e. The van der Waals surface area contributed by atoms with Crippen LogP contribution in [0, 0.1) is 17.8 Å². The van der Waals surface area contributed by atoms with Gasteiger partial charge < -0.3 is 14.7 Å². The summed E-state index contributed by atoms with van der Waals surface area (Å²) in [6.45, 7) is 1.20. The fraction of sp³-hybridized carbons (Fsp3) is 0.308. The number of nitrogens with one attached hydrogen (secondary N) is 1. The monoisotopic (exact) mass is 472 g/mol. The van der Waals surface area contributed by atoms with Crippen LogP contribution in [0.4, 0.5) is 10.5 Å². The molecule has 2 unspecified atom stereocenters. The van der Waals surface area contributed by atoms with E-state index in [1.165, 1.54) is 10.9 Å². The minimum Gasteiger partial charge on any atom is -0.481 e. The highest BCUT2D eigenvalue weighted by molar-refractivity contribution is 5.85. The summed E-state index contributed by atoms with van der Waals surface area (Å²) in [5.41, 5.74) is 5.04. The third-order valence-corrected chi connectivity index (χ3v) is 7.35. The van der Waals surface area contributed by atoms with Gasteiger partial charge in [0.15, 0.2) is 0 Å². The summed E-state index contributed by atoms with van der Waals surface area (Å²) in [7, 11) is 0. The van der Waals surface area contributed by atoms with E-state index < -0.39 is 12.1 Å². The van der Waals surface area contributed by atoms with Gasteiger partial charge in [-0.1, -0.05) is 48.5 Å². The number of likely N-dealkylation sites (tertiary alicyclic amines) is 1. The molecule has 2 atom stereocenters. The molecule has 0 spiro atoms. The third kappa shape index (κ3) is 3.82. The van der Waals surface area contributed by atoms with Crippen LogP contribution >= 0.6 is 0 Å². The third-order valence-electron chi connectivity index (χ3n) is 7.35. The van der Waals surface area contributed by atoms with E-state index in [1.807, 2.05) is 24.3 Å². The molecule has 35 heavy (non-hydrogen) atoms. The average Bonchev–Trinajstić information content (AvgIpc) is 3.17. The fourth-order valence-corrected chi connectivity index (χ4v) is 5.60. The van der Waals surface area contributed by atoms with Gasteiger partial charge in [-0.15, -0.1) is 0 Å². The molecule has 2 aliphatic carbocycles. The number of carbonyl (C=O) groups is 3. The highest BCUT2D eigenvalue weighted by Crippen LogP contribution is 2.51. The molecule has 1 aromatic heterocycles. The van der Waals surface area contributed by atoms with Crippen molar-refractivity contribution in [2.45, 2.75) is 12.5 Å². The van der Waals surface area contributed by atoms with Gasteiger partial charge in [-0.25, -0.2) is 4.79 Å². The van der Waals surface area contributed by atoms with Crippen LogP contribution in [0.3, 0.4) is 0 Å². The summed E-state index contributed by atoms with van der Waals surface area (Å²) in [5.74, 6) is -1.09. The van der Waals surface area contributed by atoms with E-state index in [0.717, 1.165) is 22.3 Å². The van der Waals surface area contributed by atoms with E-state index >= 15 is 0 Å². The first-order chi connectivity index (χ1) is 17.0. The molecule has 0 radical (unpaired) electrons. The second kappa shape index (κ2) is 8.26. The molecule has 1 saturated heterocycles. The van der Waals surface area contributed by atoms with Crippen molar-refractivity contribution in [3.05, 3.63) is 72.1 Å². The van der Waals surface area contributed by atoms with Gasteiger partial charge in [0.05, 0.1) is 17.8 Å².